The first kappa shape index (κ1) is 10.2. The minimum absolute atomic E-state index is 0.137. The van der Waals surface area contributed by atoms with Gasteiger partial charge >= 0.3 is 0 Å². The second kappa shape index (κ2) is 4.45. The Hall–Kier alpha value is -0.350. The molecule has 0 aromatic rings. The minimum Gasteiger partial charge on any atom is -0.395 e. The molecule has 0 saturated heterocycles. The first-order valence-electron chi connectivity index (χ1n) is 5.45. The van der Waals surface area contributed by atoms with Gasteiger partial charge in [-0.25, -0.2) is 0 Å². The fourth-order valence-corrected chi connectivity index (χ4v) is 3.06. The zero-order chi connectivity index (χ0) is 9.97. The van der Waals surface area contributed by atoms with Gasteiger partial charge in [-0.2, -0.15) is 0 Å². The highest BCUT2D eigenvalue weighted by Crippen LogP contribution is 2.44. The lowest BCUT2D eigenvalue weighted by atomic mass is 9.96. The summed E-state index contributed by atoms with van der Waals surface area (Å²) in [6.45, 7) is 0.686. The molecule has 3 nitrogen and oxygen atoms in total. The summed E-state index contributed by atoms with van der Waals surface area (Å²) >= 11 is 5.14. The molecule has 0 aliphatic heterocycles. The maximum Gasteiger partial charge on any atom is 0.166 e. The highest BCUT2D eigenvalue weighted by molar-refractivity contribution is 7.80. The first-order valence-corrected chi connectivity index (χ1v) is 5.85. The van der Waals surface area contributed by atoms with E-state index in [9.17, 15) is 0 Å². The maximum absolute atomic E-state index is 8.63. The summed E-state index contributed by atoms with van der Waals surface area (Å²) in [6, 6.07) is 0.590. The summed E-state index contributed by atoms with van der Waals surface area (Å²) in [5, 5.41) is 15.7. The number of hydrogen-bond donors (Lipinski definition) is 3. The van der Waals surface area contributed by atoms with Gasteiger partial charge in [-0.3, -0.25) is 0 Å². The fourth-order valence-electron chi connectivity index (χ4n) is 2.81. The quantitative estimate of drug-likeness (QED) is 0.603. The molecular weight excluding hydrogens is 196 g/mol. The zero-order valence-corrected chi connectivity index (χ0v) is 9.15. The molecule has 0 radical (unpaired) electrons. The number of hydrogen-bond acceptors (Lipinski definition) is 2. The summed E-state index contributed by atoms with van der Waals surface area (Å²) in [6.07, 6.45) is 5.45. The Kier molecular flexibility index (Phi) is 3.23. The number of aliphatic hydroxyl groups excluding tert-OH is 1. The lowest BCUT2D eigenvalue weighted by Gasteiger charge is -2.24. The van der Waals surface area contributed by atoms with Crippen LogP contribution in [0.15, 0.2) is 0 Å². The van der Waals surface area contributed by atoms with Crippen LogP contribution in [-0.4, -0.2) is 29.4 Å². The highest BCUT2D eigenvalue weighted by Gasteiger charge is 2.39. The molecule has 3 N–H and O–H groups in total. The van der Waals surface area contributed by atoms with Crippen LogP contribution in [0.2, 0.25) is 0 Å². The van der Waals surface area contributed by atoms with Crippen molar-refractivity contribution in [1.29, 1.82) is 0 Å². The molecule has 0 unspecified atom stereocenters. The van der Waals surface area contributed by atoms with Crippen molar-refractivity contribution in [2.45, 2.75) is 31.7 Å². The highest BCUT2D eigenvalue weighted by atomic mass is 32.1. The molecule has 0 aromatic heterocycles. The van der Waals surface area contributed by atoms with Gasteiger partial charge in [-0.15, -0.1) is 0 Å². The van der Waals surface area contributed by atoms with Gasteiger partial charge in [0.2, 0.25) is 0 Å². The average Bonchev–Trinajstić information content (AvgIpc) is 2.76. The molecule has 2 rings (SSSR count). The average molecular weight is 214 g/mol. The van der Waals surface area contributed by atoms with E-state index in [4.69, 9.17) is 17.3 Å². The second-order valence-electron chi connectivity index (χ2n) is 4.41. The van der Waals surface area contributed by atoms with Crippen molar-refractivity contribution >= 4 is 17.3 Å². The normalized spacial score (nSPS) is 34.5. The van der Waals surface area contributed by atoms with E-state index in [0.29, 0.717) is 17.7 Å². The van der Waals surface area contributed by atoms with E-state index >= 15 is 0 Å². The predicted octanol–water partition coefficient (Wildman–Crippen LogP) is 0.631. The van der Waals surface area contributed by atoms with E-state index in [1.807, 2.05) is 0 Å². The Morgan fingerprint density at radius 1 is 1.36 bits per heavy atom. The van der Waals surface area contributed by atoms with Crippen LogP contribution in [0, 0.1) is 11.8 Å². The van der Waals surface area contributed by atoms with Gasteiger partial charge in [0.15, 0.2) is 5.11 Å². The van der Waals surface area contributed by atoms with Crippen LogP contribution in [0.4, 0.5) is 0 Å². The third-order valence-corrected chi connectivity index (χ3v) is 3.71. The van der Waals surface area contributed by atoms with Crippen LogP contribution in [-0.2, 0) is 0 Å². The first-order chi connectivity index (χ1) is 6.79. The van der Waals surface area contributed by atoms with Gasteiger partial charge in [0.25, 0.3) is 0 Å². The number of aliphatic hydroxyl groups is 1. The van der Waals surface area contributed by atoms with Gasteiger partial charge in [-0.1, -0.05) is 6.42 Å². The van der Waals surface area contributed by atoms with E-state index in [2.05, 4.69) is 10.6 Å². The second-order valence-corrected chi connectivity index (χ2v) is 4.81. The summed E-state index contributed by atoms with van der Waals surface area (Å²) in [5.74, 6) is 1.78. The molecule has 0 spiro atoms. The van der Waals surface area contributed by atoms with Crippen LogP contribution in [0.1, 0.15) is 25.7 Å². The summed E-state index contributed by atoms with van der Waals surface area (Å²) in [7, 11) is 0. The van der Waals surface area contributed by atoms with Gasteiger partial charge < -0.3 is 15.7 Å². The molecule has 80 valence electrons. The van der Waals surface area contributed by atoms with E-state index in [1.165, 1.54) is 25.7 Å². The lowest BCUT2D eigenvalue weighted by Crippen LogP contribution is -2.44. The largest absolute Gasteiger partial charge is 0.395 e. The summed E-state index contributed by atoms with van der Waals surface area (Å²) < 4.78 is 0. The van der Waals surface area contributed by atoms with E-state index < -0.39 is 0 Å². The van der Waals surface area contributed by atoms with Crippen molar-refractivity contribution in [3.05, 3.63) is 0 Å². The lowest BCUT2D eigenvalue weighted by molar-refractivity contribution is 0.299. The maximum atomic E-state index is 8.63. The molecule has 2 bridgehead atoms. The van der Waals surface area contributed by atoms with E-state index in [-0.39, 0.29) is 6.61 Å². The Morgan fingerprint density at radius 3 is 2.79 bits per heavy atom. The minimum atomic E-state index is 0.137. The molecule has 2 saturated carbocycles. The topological polar surface area (TPSA) is 44.3 Å². The van der Waals surface area contributed by atoms with Crippen molar-refractivity contribution in [1.82, 2.24) is 10.6 Å². The van der Waals surface area contributed by atoms with Crippen molar-refractivity contribution in [2.75, 3.05) is 13.2 Å². The molecule has 0 aromatic carbocycles. The number of nitrogens with one attached hydrogen (secondary N) is 2. The monoisotopic (exact) mass is 214 g/mol. The van der Waals surface area contributed by atoms with Crippen LogP contribution >= 0.6 is 12.2 Å². The van der Waals surface area contributed by atoms with Crippen LogP contribution in [0.5, 0.6) is 0 Å². The molecular formula is C10H18N2OS. The molecule has 2 aliphatic rings. The third kappa shape index (κ3) is 2.17. The van der Waals surface area contributed by atoms with Crippen LogP contribution in [0.3, 0.4) is 0 Å². The third-order valence-electron chi connectivity index (χ3n) is 3.45. The summed E-state index contributed by atoms with van der Waals surface area (Å²) in [4.78, 5) is 0. The van der Waals surface area contributed by atoms with Crippen molar-refractivity contribution in [3.8, 4) is 0 Å². The molecule has 2 fully saturated rings. The van der Waals surface area contributed by atoms with Crippen molar-refractivity contribution in [3.63, 3.8) is 0 Å². The fraction of sp³-hybridized carbons (Fsp3) is 0.900. The van der Waals surface area contributed by atoms with E-state index in [1.54, 1.807) is 0 Å². The Labute approximate surface area is 90.3 Å². The van der Waals surface area contributed by atoms with Crippen molar-refractivity contribution < 1.29 is 5.11 Å². The number of fused-ring (bicyclic) bond motifs is 2. The standard InChI is InChI=1S/C10H18N2OS/c13-4-3-11-10(14)12-9-6-7-1-2-8(9)5-7/h7-9,13H,1-6H2,(H2,11,12,14)/t7-,8+,9+/m1/s1. The zero-order valence-electron chi connectivity index (χ0n) is 8.33. The van der Waals surface area contributed by atoms with Gasteiger partial charge in [0.1, 0.15) is 0 Å². The predicted molar refractivity (Wildman–Crippen MR) is 60.1 cm³/mol. The molecule has 4 heteroatoms. The number of rotatable bonds is 3. The van der Waals surface area contributed by atoms with Crippen LogP contribution in [0.25, 0.3) is 0 Å². The molecule has 0 heterocycles. The molecule has 3 atom stereocenters. The molecule has 0 amide bonds. The van der Waals surface area contributed by atoms with Crippen LogP contribution < -0.4 is 10.6 Å². The van der Waals surface area contributed by atoms with E-state index in [0.717, 1.165) is 11.8 Å². The van der Waals surface area contributed by atoms with Gasteiger partial charge in [-0.05, 0) is 43.3 Å². The number of thiocarbonyl (C=S) groups is 1. The smallest absolute Gasteiger partial charge is 0.166 e. The SMILES string of the molecule is OCCNC(=S)N[C@H]1C[C@@H]2CC[C@H]1C2. The van der Waals surface area contributed by atoms with Gasteiger partial charge in [0, 0.05) is 12.6 Å². The molecule has 2 aliphatic carbocycles. The summed E-state index contributed by atoms with van der Waals surface area (Å²) in [5.41, 5.74) is 0. The Morgan fingerprint density at radius 2 is 2.21 bits per heavy atom. The molecule has 14 heavy (non-hydrogen) atoms. The van der Waals surface area contributed by atoms with Crippen molar-refractivity contribution in [2.24, 2.45) is 11.8 Å². The Bertz CT molecular complexity index is 222. The Balaban J connectivity index is 1.73. The van der Waals surface area contributed by atoms with Gasteiger partial charge in [0.05, 0.1) is 6.61 Å².